The summed E-state index contributed by atoms with van der Waals surface area (Å²) in [4.78, 5) is 9.14. The fourth-order valence-electron chi connectivity index (χ4n) is 3.22. The van der Waals surface area contributed by atoms with Gasteiger partial charge in [0.05, 0.1) is 11.5 Å². The highest BCUT2D eigenvalue weighted by molar-refractivity contribution is 14.0. The van der Waals surface area contributed by atoms with E-state index in [1.54, 1.807) is 11.3 Å². The van der Waals surface area contributed by atoms with Crippen LogP contribution in [0.25, 0.3) is 0 Å². The summed E-state index contributed by atoms with van der Waals surface area (Å²) in [6.45, 7) is 5.45. The first kappa shape index (κ1) is 20.8. The molecule has 0 atom stereocenters. The molecule has 152 valence electrons. The second-order valence-electron chi connectivity index (χ2n) is 6.26. The van der Waals surface area contributed by atoms with E-state index in [0.29, 0.717) is 13.2 Å². The van der Waals surface area contributed by atoms with Crippen molar-refractivity contribution < 1.29 is 14.2 Å². The average Bonchev–Trinajstić information content (AvgIpc) is 3.40. The molecule has 28 heavy (non-hydrogen) atoms. The molecule has 1 N–H and O–H groups in total. The van der Waals surface area contributed by atoms with Gasteiger partial charge in [0.1, 0.15) is 12.4 Å². The van der Waals surface area contributed by atoms with Gasteiger partial charge in [-0.1, -0.05) is 0 Å². The first-order chi connectivity index (χ1) is 13.3. The van der Waals surface area contributed by atoms with Crippen LogP contribution in [-0.2, 0) is 0 Å². The van der Waals surface area contributed by atoms with Crippen LogP contribution in [0.2, 0.25) is 0 Å². The van der Waals surface area contributed by atoms with Gasteiger partial charge in [0.2, 0.25) is 6.79 Å². The van der Waals surface area contributed by atoms with E-state index in [1.165, 1.54) is 5.00 Å². The Labute approximate surface area is 186 Å². The molecule has 1 saturated heterocycles. The Morgan fingerprint density at radius 3 is 2.75 bits per heavy atom. The number of guanidine groups is 1. The predicted octanol–water partition coefficient (Wildman–Crippen LogP) is 2.87. The third-order valence-electron chi connectivity index (χ3n) is 4.61. The number of benzene rings is 1. The number of hydrogen-bond donors (Lipinski definition) is 1. The Bertz CT molecular complexity index is 779. The molecular formula is C19H25IN4O3S. The fraction of sp³-hybridized carbons (Fsp3) is 0.421. The number of hydrogen-bond acceptors (Lipinski definition) is 6. The topological polar surface area (TPSA) is 58.6 Å². The van der Waals surface area contributed by atoms with E-state index in [9.17, 15) is 0 Å². The van der Waals surface area contributed by atoms with E-state index in [4.69, 9.17) is 14.2 Å². The molecule has 3 heterocycles. The minimum atomic E-state index is 0. The van der Waals surface area contributed by atoms with Crippen molar-refractivity contribution in [3.8, 4) is 17.2 Å². The fourth-order valence-corrected chi connectivity index (χ4v) is 4.00. The Balaban J connectivity index is 0.00000225. The summed E-state index contributed by atoms with van der Waals surface area (Å²) >= 11 is 1.80. The lowest BCUT2D eigenvalue weighted by Crippen LogP contribution is -2.52. The van der Waals surface area contributed by atoms with Crippen molar-refractivity contribution in [2.24, 2.45) is 4.99 Å². The molecule has 4 rings (SSSR count). The summed E-state index contributed by atoms with van der Waals surface area (Å²) in [6, 6.07) is 9.91. The SMILES string of the molecule is CN=C(NCCOc1ccc2c(c1)OCO2)N1CCN(c2cccs2)CC1.I. The van der Waals surface area contributed by atoms with Gasteiger partial charge in [-0.05, 0) is 29.6 Å². The van der Waals surface area contributed by atoms with Gasteiger partial charge in [-0.15, -0.1) is 35.3 Å². The van der Waals surface area contributed by atoms with Crippen molar-refractivity contribution in [2.75, 3.05) is 58.1 Å². The molecule has 0 saturated carbocycles. The number of fused-ring (bicyclic) bond motifs is 1. The smallest absolute Gasteiger partial charge is 0.231 e. The summed E-state index contributed by atoms with van der Waals surface area (Å²) in [6.07, 6.45) is 0. The molecule has 0 bridgehead atoms. The van der Waals surface area contributed by atoms with E-state index in [0.717, 1.165) is 49.4 Å². The van der Waals surface area contributed by atoms with Crippen LogP contribution in [0.3, 0.4) is 0 Å². The first-order valence-corrected chi connectivity index (χ1v) is 9.98. The molecule has 7 nitrogen and oxygen atoms in total. The maximum absolute atomic E-state index is 5.80. The van der Waals surface area contributed by atoms with Crippen LogP contribution in [0, 0.1) is 0 Å². The molecule has 2 aliphatic rings. The van der Waals surface area contributed by atoms with E-state index < -0.39 is 0 Å². The Hall–Kier alpha value is -1.88. The standard InChI is InChI=1S/C19H24N4O3S.HI/c1-20-19(23-9-7-22(8-10-23)18-3-2-12-27-18)21-6-11-24-15-4-5-16-17(13-15)26-14-25-16;/h2-5,12-13H,6-11,14H2,1H3,(H,20,21);1H. The average molecular weight is 516 g/mol. The van der Waals surface area contributed by atoms with E-state index >= 15 is 0 Å². The zero-order chi connectivity index (χ0) is 18.5. The molecule has 1 aromatic carbocycles. The van der Waals surface area contributed by atoms with Crippen LogP contribution in [0.1, 0.15) is 0 Å². The first-order valence-electron chi connectivity index (χ1n) is 9.10. The number of aliphatic imine (C=N–C) groups is 1. The second kappa shape index (κ2) is 10.1. The van der Waals surface area contributed by atoms with Crippen LogP contribution in [0.5, 0.6) is 17.2 Å². The number of piperazine rings is 1. The molecule has 0 spiro atoms. The lowest BCUT2D eigenvalue weighted by molar-refractivity contribution is 0.173. The van der Waals surface area contributed by atoms with Crippen LogP contribution in [-0.4, -0.2) is 64.0 Å². The highest BCUT2D eigenvalue weighted by atomic mass is 127. The summed E-state index contributed by atoms with van der Waals surface area (Å²) in [5, 5.41) is 6.86. The third kappa shape index (κ3) is 4.93. The van der Waals surface area contributed by atoms with E-state index in [2.05, 4.69) is 37.6 Å². The van der Waals surface area contributed by atoms with Crippen molar-refractivity contribution in [1.82, 2.24) is 10.2 Å². The van der Waals surface area contributed by atoms with Gasteiger partial charge < -0.3 is 29.3 Å². The van der Waals surface area contributed by atoms with Crippen LogP contribution < -0.4 is 24.4 Å². The molecule has 0 aliphatic carbocycles. The third-order valence-corrected chi connectivity index (χ3v) is 5.54. The zero-order valence-corrected chi connectivity index (χ0v) is 18.9. The summed E-state index contributed by atoms with van der Waals surface area (Å²) in [5.74, 6) is 3.21. The van der Waals surface area contributed by atoms with Crippen molar-refractivity contribution in [2.45, 2.75) is 0 Å². The van der Waals surface area contributed by atoms with E-state index in [-0.39, 0.29) is 30.8 Å². The molecule has 1 aromatic heterocycles. The Morgan fingerprint density at radius 1 is 1.18 bits per heavy atom. The van der Waals surface area contributed by atoms with Gasteiger partial charge in [0.15, 0.2) is 17.5 Å². The number of halogens is 1. The Kier molecular flexibility index (Phi) is 7.49. The molecular weight excluding hydrogens is 491 g/mol. The minimum Gasteiger partial charge on any atom is -0.492 e. The molecule has 9 heteroatoms. The maximum atomic E-state index is 5.80. The van der Waals surface area contributed by atoms with Crippen molar-refractivity contribution in [3.63, 3.8) is 0 Å². The summed E-state index contributed by atoms with van der Waals surface area (Å²) < 4.78 is 16.5. The van der Waals surface area contributed by atoms with Crippen LogP contribution in [0.15, 0.2) is 40.7 Å². The number of ether oxygens (including phenoxy) is 3. The molecule has 0 amide bonds. The maximum Gasteiger partial charge on any atom is 0.231 e. The molecule has 2 aliphatic heterocycles. The number of anilines is 1. The quantitative estimate of drug-likeness (QED) is 0.286. The summed E-state index contributed by atoms with van der Waals surface area (Å²) in [7, 11) is 1.83. The van der Waals surface area contributed by atoms with Gasteiger partial charge in [-0.3, -0.25) is 4.99 Å². The molecule has 0 radical (unpaired) electrons. The van der Waals surface area contributed by atoms with Gasteiger partial charge in [0.25, 0.3) is 0 Å². The second-order valence-corrected chi connectivity index (χ2v) is 7.19. The van der Waals surface area contributed by atoms with E-state index in [1.807, 2.05) is 25.2 Å². The lowest BCUT2D eigenvalue weighted by Gasteiger charge is -2.37. The predicted molar refractivity (Wildman–Crippen MR) is 123 cm³/mol. The molecule has 1 fully saturated rings. The van der Waals surface area contributed by atoms with Gasteiger partial charge in [-0.25, -0.2) is 0 Å². The van der Waals surface area contributed by atoms with Crippen LogP contribution >= 0.6 is 35.3 Å². The number of rotatable bonds is 5. The Morgan fingerprint density at radius 2 is 2.00 bits per heavy atom. The van der Waals surface area contributed by atoms with Gasteiger partial charge in [-0.2, -0.15) is 0 Å². The number of thiophene rings is 1. The summed E-state index contributed by atoms with van der Waals surface area (Å²) in [5.41, 5.74) is 0. The van der Waals surface area contributed by atoms with Gasteiger partial charge >= 0.3 is 0 Å². The lowest BCUT2D eigenvalue weighted by atomic mass is 10.3. The largest absolute Gasteiger partial charge is 0.492 e. The molecule has 0 unspecified atom stereocenters. The van der Waals surface area contributed by atoms with Crippen LogP contribution in [0.4, 0.5) is 5.00 Å². The highest BCUT2D eigenvalue weighted by Gasteiger charge is 2.20. The normalized spacial score (nSPS) is 16.0. The monoisotopic (exact) mass is 516 g/mol. The zero-order valence-electron chi connectivity index (χ0n) is 15.8. The number of nitrogens with zero attached hydrogens (tertiary/aromatic N) is 3. The van der Waals surface area contributed by atoms with Gasteiger partial charge in [0, 0.05) is 39.3 Å². The number of nitrogens with one attached hydrogen (secondary N) is 1. The molecule has 2 aromatic rings. The van der Waals surface area contributed by atoms with Crippen molar-refractivity contribution in [1.29, 1.82) is 0 Å². The highest BCUT2D eigenvalue weighted by Crippen LogP contribution is 2.35. The van der Waals surface area contributed by atoms with Crippen molar-refractivity contribution >= 4 is 46.3 Å². The minimum absolute atomic E-state index is 0. The van der Waals surface area contributed by atoms with Crippen molar-refractivity contribution in [3.05, 3.63) is 35.7 Å².